The number of amides is 1. The minimum atomic E-state index is -3.59. The number of hydrogen-bond donors (Lipinski definition) is 1. The lowest BCUT2D eigenvalue weighted by Gasteiger charge is -2.10. The SMILES string of the molecule is Cc1ccc(C)c(S(=O)(=O)c2ccc(CNC(=O)c3cc4ccncc4s3)cc2)c1. The fourth-order valence-corrected chi connectivity index (χ4v) is 5.70. The number of nitrogens with zero attached hydrogens (tertiary/aromatic N) is 1. The molecule has 0 saturated heterocycles. The standard InChI is InChI=1S/C23H20N2O3S2/c1-15-3-4-16(2)22(11-15)30(27,28)19-7-5-17(6-8-19)13-25-23(26)20-12-18-9-10-24-14-21(18)29-20/h3-12,14H,13H2,1-2H3,(H,25,26). The van der Waals surface area contributed by atoms with Gasteiger partial charge < -0.3 is 5.32 Å². The van der Waals surface area contributed by atoms with Crippen LogP contribution in [0.4, 0.5) is 0 Å². The second kappa shape index (κ2) is 8.01. The van der Waals surface area contributed by atoms with Crippen LogP contribution in [-0.2, 0) is 16.4 Å². The Labute approximate surface area is 179 Å². The molecule has 0 unspecified atom stereocenters. The maximum absolute atomic E-state index is 13.0. The number of nitrogens with one attached hydrogen (secondary N) is 1. The van der Waals surface area contributed by atoms with Crippen molar-refractivity contribution in [2.45, 2.75) is 30.2 Å². The quantitative estimate of drug-likeness (QED) is 0.493. The molecule has 2 aromatic heterocycles. The molecule has 0 atom stereocenters. The number of carbonyl (C=O) groups is 1. The zero-order valence-corrected chi connectivity index (χ0v) is 18.2. The third-order valence-corrected chi connectivity index (χ3v) is 7.86. The summed E-state index contributed by atoms with van der Waals surface area (Å²) in [4.78, 5) is 17.7. The van der Waals surface area contributed by atoms with Crippen LogP contribution >= 0.6 is 11.3 Å². The predicted molar refractivity (Wildman–Crippen MR) is 119 cm³/mol. The van der Waals surface area contributed by atoms with Crippen molar-refractivity contribution in [3.8, 4) is 0 Å². The monoisotopic (exact) mass is 436 g/mol. The smallest absolute Gasteiger partial charge is 0.261 e. The van der Waals surface area contributed by atoms with Crippen molar-refractivity contribution >= 4 is 37.2 Å². The van der Waals surface area contributed by atoms with Crippen molar-refractivity contribution in [2.75, 3.05) is 0 Å². The first-order valence-corrected chi connectivity index (χ1v) is 11.7. The highest BCUT2D eigenvalue weighted by atomic mass is 32.2. The number of benzene rings is 2. The van der Waals surface area contributed by atoms with Crippen LogP contribution in [0.2, 0.25) is 0 Å². The van der Waals surface area contributed by atoms with Gasteiger partial charge in [0.1, 0.15) is 0 Å². The molecule has 1 amide bonds. The van der Waals surface area contributed by atoms with Crippen LogP contribution in [0.3, 0.4) is 0 Å². The van der Waals surface area contributed by atoms with E-state index in [1.54, 1.807) is 49.6 Å². The summed E-state index contributed by atoms with van der Waals surface area (Å²) in [6.07, 6.45) is 3.44. The average Bonchev–Trinajstić information content (AvgIpc) is 3.18. The molecule has 0 bridgehead atoms. The van der Waals surface area contributed by atoms with Crippen LogP contribution in [0, 0.1) is 13.8 Å². The summed E-state index contributed by atoms with van der Waals surface area (Å²) in [6, 6.07) is 15.8. The Morgan fingerprint density at radius 3 is 2.53 bits per heavy atom. The van der Waals surface area contributed by atoms with Gasteiger partial charge in [0.05, 0.1) is 19.4 Å². The highest BCUT2D eigenvalue weighted by Gasteiger charge is 2.20. The molecule has 4 rings (SSSR count). The van der Waals surface area contributed by atoms with Gasteiger partial charge in [-0.15, -0.1) is 11.3 Å². The molecule has 5 nitrogen and oxygen atoms in total. The molecule has 0 saturated carbocycles. The zero-order valence-electron chi connectivity index (χ0n) is 16.5. The Morgan fingerprint density at radius 2 is 1.80 bits per heavy atom. The van der Waals surface area contributed by atoms with Crippen molar-refractivity contribution in [2.24, 2.45) is 0 Å². The molecule has 152 valence electrons. The topological polar surface area (TPSA) is 76.1 Å². The van der Waals surface area contributed by atoms with Gasteiger partial charge in [-0.2, -0.15) is 0 Å². The van der Waals surface area contributed by atoms with E-state index in [0.29, 0.717) is 16.3 Å². The molecule has 0 aliphatic heterocycles. The minimum absolute atomic E-state index is 0.164. The number of fused-ring (bicyclic) bond motifs is 1. The van der Waals surface area contributed by atoms with Gasteiger partial charge in [0, 0.05) is 18.9 Å². The van der Waals surface area contributed by atoms with Crippen molar-refractivity contribution in [3.63, 3.8) is 0 Å². The van der Waals surface area contributed by atoms with Gasteiger partial charge in [-0.1, -0.05) is 24.3 Å². The Bertz CT molecular complexity index is 1310. The number of thiophene rings is 1. The number of aromatic nitrogens is 1. The van der Waals surface area contributed by atoms with Gasteiger partial charge in [-0.3, -0.25) is 9.78 Å². The predicted octanol–water partition coefficient (Wildman–Crippen LogP) is 4.68. The first-order chi connectivity index (χ1) is 14.3. The molecule has 4 aromatic rings. The molecule has 1 N–H and O–H groups in total. The summed E-state index contributed by atoms with van der Waals surface area (Å²) in [5.74, 6) is -0.164. The van der Waals surface area contributed by atoms with Gasteiger partial charge in [-0.25, -0.2) is 8.42 Å². The first kappa shape index (κ1) is 20.3. The van der Waals surface area contributed by atoms with Gasteiger partial charge >= 0.3 is 0 Å². The largest absolute Gasteiger partial charge is 0.347 e. The van der Waals surface area contributed by atoms with Crippen LogP contribution in [-0.4, -0.2) is 19.3 Å². The zero-order chi connectivity index (χ0) is 21.3. The second-order valence-corrected chi connectivity index (χ2v) is 10.1. The first-order valence-electron chi connectivity index (χ1n) is 9.37. The lowest BCUT2D eigenvalue weighted by atomic mass is 10.2. The molecule has 0 fully saturated rings. The molecule has 0 aliphatic rings. The van der Waals surface area contributed by atoms with Crippen molar-refractivity contribution < 1.29 is 13.2 Å². The molecule has 30 heavy (non-hydrogen) atoms. The number of rotatable bonds is 5. The lowest BCUT2D eigenvalue weighted by Crippen LogP contribution is -2.21. The number of pyridine rings is 1. The number of carbonyl (C=O) groups excluding carboxylic acids is 1. The van der Waals surface area contributed by atoms with Crippen LogP contribution in [0.25, 0.3) is 10.1 Å². The fourth-order valence-electron chi connectivity index (χ4n) is 3.18. The minimum Gasteiger partial charge on any atom is -0.347 e. The van der Waals surface area contributed by atoms with Gasteiger partial charge in [0.2, 0.25) is 9.84 Å². The maximum Gasteiger partial charge on any atom is 0.261 e. The molecule has 2 heterocycles. The number of aryl methyl sites for hydroxylation is 2. The molecular weight excluding hydrogens is 416 g/mol. The molecule has 7 heteroatoms. The molecular formula is C23H20N2O3S2. The van der Waals surface area contributed by atoms with Crippen molar-refractivity contribution in [1.29, 1.82) is 0 Å². The van der Waals surface area contributed by atoms with Crippen LogP contribution in [0.5, 0.6) is 0 Å². The van der Waals surface area contributed by atoms with E-state index in [1.807, 2.05) is 31.2 Å². The Kier molecular flexibility index (Phi) is 5.40. The third kappa shape index (κ3) is 3.99. The highest BCUT2D eigenvalue weighted by molar-refractivity contribution is 7.91. The van der Waals surface area contributed by atoms with E-state index >= 15 is 0 Å². The van der Waals surface area contributed by atoms with Gasteiger partial charge in [-0.05, 0) is 66.3 Å². The Hall–Kier alpha value is -3.03. The summed E-state index contributed by atoms with van der Waals surface area (Å²) in [5.41, 5.74) is 2.44. The third-order valence-electron chi connectivity index (χ3n) is 4.87. The van der Waals surface area contributed by atoms with Crippen molar-refractivity contribution in [3.05, 3.63) is 88.6 Å². The van der Waals surface area contributed by atoms with Crippen LogP contribution in [0.15, 0.2) is 76.8 Å². The van der Waals surface area contributed by atoms with Crippen LogP contribution in [0.1, 0.15) is 26.4 Å². The fraction of sp³-hybridized carbons (Fsp3) is 0.130. The maximum atomic E-state index is 13.0. The van der Waals surface area contributed by atoms with Gasteiger partial charge in [0.25, 0.3) is 5.91 Å². The average molecular weight is 437 g/mol. The van der Waals surface area contributed by atoms with Gasteiger partial charge in [0.15, 0.2) is 0 Å². The van der Waals surface area contributed by atoms with E-state index in [1.165, 1.54) is 11.3 Å². The normalized spacial score (nSPS) is 11.5. The summed E-state index contributed by atoms with van der Waals surface area (Å²) < 4.78 is 26.9. The van der Waals surface area contributed by atoms with E-state index < -0.39 is 9.84 Å². The Morgan fingerprint density at radius 1 is 1.03 bits per heavy atom. The van der Waals surface area contributed by atoms with E-state index in [2.05, 4.69) is 10.3 Å². The number of sulfone groups is 1. The van der Waals surface area contributed by atoms with E-state index in [4.69, 9.17) is 0 Å². The summed E-state index contributed by atoms with van der Waals surface area (Å²) in [6.45, 7) is 3.98. The summed E-state index contributed by atoms with van der Waals surface area (Å²) in [5, 5.41) is 3.87. The highest BCUT2D eigenvalue weighted by Crippen LogP contribution is 2.26. The lowest BCUT2D eigenvalue weighted by molar-refractivity contribution is 0.0955. The molecule has 0 radical (unpaired) electrons. The van der Waals surface area contributed by atoms with Crippen LogP contribution < -0.4 is 5.32 Å². The summed E-state index contributed by atoms with van der Waals surface area (Å²) >= 11 is 1.39. The summed E-state index contributed by atoms with van der Waals surface area (Å²) in [7, 11) is -3.59. The molecule has 0 spiro atoms. The van der Waals surface area contributed by atoms with Crippen molar-refractivity contribution in [1.82, 2.24) is 10.3 Å². The van der Waals surface area contributed by atoms with E-state index in [9.17, 15) is 13.2 Å². The Balaban J connectivity index is 1.48. The number of hydrogen-bond acceptors (Lipinski definition) is 5. The second-order valence-electron chi connectivity index (χ2n) is 7.12. The van der Waals surface area contributed by atoms with E-state index in [0.717, 1.165) is 26.8 Å². The molecule has 2 aromatic carbocycles. The molecule has 0 aliphatic carbocycles. The van der Waals surface area contributed by atoms with E-state index in [-0.39, 0.29) is 10.8 Å².